The van der Waals surface area contributed by atoms with Gasteiger partial charge in [-0.2, -0.15) is 0 Å². The predicted molar refractivity (Wildman–Crippen MR) is 65.8 cm³/mol. The van der Waals surface area contributed by atoms with Crippen molar-refractivity contribution in [2.45, 2.75) is 13.5 Å². The number of carboxylic acids is 1. The van der Waals surface area contributed by atoms with E-state index in [0.717, 1.165) is 4.68 Å². The second-order valence-electron chi connectivity index (χ2n) is 4.49. The van der Waals surface area contributed by atoms with Gasteiger partial charge in [-0.15, -0.1) is 5.10 Å². The first-order valence-corrected chi connectivity index (χ1v) is 6.14. The van der Waals surface area contributed by atoms with Crippen LogP contribution in [0.25, 0.3) is 0 Å². The Morgan fingerprint density at radius 1 is 1.20 bits per heavy atom. The molecule has 0 aromatic carbocycles. The molecule has 108 valence electrons. The molecule has 1 aromatic heterocycles. The van der Waals surface area contributed by atoms with Gasteiger partial charge in [-0.05, 0) is 0 Å². The van der Waals surface area contributed by atoms with E-state index in [2.05, 4.69) is 10.3 Å². The lowest BCUT2D eigenvalue weighted by Crippen LogP contribution is -2.50. The van der Waals surface area contributed by atoms with Crippen LogP contribution in [0.5, 0.6) is 0 Å². The molecule has 1 N–H and O–H groups in total. The third kappa shape index (κ3) is 3.11. The zero-order valence-electron chi connectivity index (χ0n) is 11.0. The van der Waals surface area contributed by atoms with Crippen molar-refractivity contribution >= 4 is 17.8 Å². The zero-order valence-corrected chi connectivity index (χ0v) is 11.0. The molecule has 0 spiro atoms. The fourth-order valence-corrected chi connectivity index (χ4v) is 2.00. The molecule has 1 fully saturated rings. The van der Waals surface area contributed by atoms with Gasteiger partial charge in [0.25, 0.3) is 5.91 Å². The third-order valence-corrected chi connectivity index (χ3v) is 3.07. The summed E-state index contributed by atoms with van der Waals surface area (Å²) in [7, 11) is 0. The van der Waals surface area contributed by atoms with Gasteiger partial charge in [0.05, 0.1) is 6.20 Å². The number of carbonyl (C=O) groups is 3. The molecule has 2 heterocycles. The third-order valence-electron chi connectivity index (χ3n) is 3.07. The van der Waals surface area contributed by atoms with E-state index >= 15 is 0 Å². The molecule has 1 aromatic rings. The lowest BCUT2D eigenvalue weighted by atomic mass is 10.3. The number of carboxylic acid groups (broad SMARTS) is 1. The average Bonchev–Trinajstić information content (AvgIpc) is 2.85. The summed E-state index contributed by atoms with van der Waals surface area (Å²) in [6.45, 7) is 3.01. The highest BCUT2D eigenvalue weighted by Crippen LogP contribution is 2.07. The minimum absolute atomic E-state index is 0.00972. The number of hydrogen-bond donors (Lipinski definition) is 1. The molecule has 0 atom stereocenters. The minimum atomic E-state index is -1.05. The van der Waals surface area contributed by atoms with Gasteiger partial charge in [0.2, 0.25) is 5.91 Å². The van der Waals surface area contributed by atoms with Crippen LogP contribution in [0.1, 0.15) is 17.4 Å². The number of rotatable bonds is 3. The van der Waals surface area contributed by atoms with Crippen molar-refractivity contribution in [3.8, 4) is 0 Å². The highest BCUT2D eigenvalue weighted by Gasteiger charge is 2.25. The quantitative estimate of drug-likeness (QED) is 0.735. The van der Waals surface area contributed by atoms with Gasteiger partial charge in [0, 0.05) is 33.1 Å². The summed E-state index contributed by atoms with van der Waals surface area (Å²) in [5.41, 5.74) is 0.113. The Morgan fingerprint density at radius 2 is 1.80 bits per heavy atom. The summed E-state index contributed by atoms with van der Waals surface area (Å²) in [5.74, 6) is -1.36. The molecular formula is C11H15N5O4. The molecule has 20 heavy (non-hydrogen) atoms. The first-order chi connectivity index (χ1) is 9.47. The molecule has 2 rings (SSSR count). The molecule has 0 radical (unpaired) electrons. The van der Waals surface area contributed by atoms with E-state index in [1.165, 1.54) is 13.1 Å². The van der Waals surface area contributed by atoms with Crippen molar-refractivity contribution in [3.05, 3.63) is 11.9 Å². The number of hydrogen-bond acceptors (Lipinski definition) is 5. The predicted octanol–water partition coefficient (Wildman–Crippen LogP) is -1.33. The number of amides is 2. The number of aliphatic carboxylic acids is 1. The van der Waals surface area contributed by atoms with E-state index in [9.17, 15) is 14.4 Å². The highest BCUT2D eigenvalue weighted by molar-refractivity contribution is 5.92. The highest BCUT2D eigenvalue weighted by atomic mass is 16.4. The van der Waals surface area contributed by atoms with Gasteiger partial charge in [0.15, 0.2) is 5.69 Å². The lowest BCUT2D eigenvalue weighted by Gasteiger charge is -2.33. The van der Waals surface area contributed by atoms with Gasteiger partial charge >= 0.3 is 5.97 Å². The van der Waals surface area contributed by atoms with Crippen molar-refractivity contribution in [1.82, 2.24) is 24.8 Å². The second kappa shape index (κ2) is 5.68. The average molecular weight is 281 g/mol. The number of piperazine rings is 1. The van der Waals surface area contributed by atoms with Gasteiger partial charge in [-0.1, -0.05) is 5.21 Å². The van der Waals surface area contributed by atoms with Crippen LogP contribution >= 0.6 is 0 Å². The topological polar surface area (TPSA) is 109 Å². The number of carbonyl (C=O) groups excluding carboxylic acids is 2. The fraction of sp³-hybridized carbons (Fsp3) is 0.545. The van der Waals surface area contributed by atoms with Gasteiger partial charge in [-0.25, -0.2) is 4.68 Å². The standard InChI is InChI=1S/C11H15N5O4/c1-8(17)14-2-4-15(5-3-14)11(20)9-6-16(13-12-9)7-10(18)19/h6H,2-5,7H2,1H3,(H,18,19). The van der Waals surface area contributed by atoms with Crippen molar-refractivity contribution in [2.75, 3.05) is 26.2 Å². The van der Waals surface area contributed by atoms with Gasteiger partial charge in [0.1, 0.15) is 6.54 Å². The Hall–Kier alpha value is -2.45. The Bertz CT molecular complexity index is 533. The van der Waals surface area contributed by atoms with Crippen molar-refractivity contribution < 1.29 is 19.5 Å². The maximum Gasteiger partial charge on any atom is 0.325 e. The SMILES string of the molecule is CC(=O)N1CCN(C(=O)c2cn(CC(=O)O)nn2)CC1. The Balaban J connectivity index is 1.96. The van der Waals surface area contributed by atoms with Crippen LogP contribution in [-0.2, 0) is 16.1 Å². The normalized spacial score (nSPS) is 15.2. The maximum absolute atomic E-state index is 12.1. The van der Waals surface area contributed by atoms with Crippen LogP contribution in [0.4, 0.5) is 0 Å². The Morgan fingerprint density at radius 3 is 2.35 bits per heavy atom. The van der Waals surface area contributed by atoms with Crippen LogP contribution in [0.15, 0.2) is 6.20 Å². The molecule has 0 bridgehead atoms. The van der Waals surface area contributed by atoms with Crippen LogP contribution in [0.2, 0.25) is 0 Å². The summed E-state index contributed by atoms with van der Waals surface area (Å²) < 4.78 is 1.10. The molecular weight excluding hydrogens is 266 g/mol. The summed E-state index contributed by atoms with van der Waals surface area (Å²) in [5, 5.41) is 15.9. The summed E-state index contributed by atoms with van der Waals surface area (Å²) in [4.78, 5) is 37.1. The van der Waals surface area contributed by atoms with E-state index in [4.69, 9.17) is 5.11 Å². The van der Waals surface area contributed by atoms with Gasteiger partial charge < -0.3 is 14.9 Å². The minimum Gasteiger partial charge on any atom is -0.480 e. The molecule has 9 heteroatoms. The molecule has 2 amide bonds. The van der Waals surface area contributed by atoms with E-state index in [1.807, 2.05) is 0 Å². The fourth-order valence-electron chi connectivity index (χ4n) is 2.00. The first-order valence-electron chi connectivity index (χ1n) is 6.14. The lowest BCUT2D eigenvalue weighted by molar-refractivity contribution is -0.138. The largest absolute Gasteiger partial charge is 0.480 e. The number of nitrogens with zero attached hydrogens (tertiary/aromatic N) is 5. The van der Waals surface area contributed by atoms with E-state index in [1.54, 1.807) is 9.80 Å². The summed E-state index contributed by atoms with van der Waals surface area (Å²) in [6.07, 6.45) is 1.31. The molecule has 1 saturated heterocycles. The summed E-state index contributed by atoms with van der Waals surface area (Å²) in [6, 6.07) is 0. The summed E-state index contributed by atoms with van der Waals surface area (Å²) >= 11 is 0. The van der Waals surface area contributed by atoms with E-state index < -0.39 is 5.97 Å². The molecule has 0 saturated carbocycles. The Labute approximate surface area is 114 Å². The molecule has 1 aliphatic heterocycles. The Kier molecular flexibility index (Phi) is 3.97. The van der Waals surface area contributed by atoms with E-state index in [-0.39, 0.29) is 24.1 Å². The monoisotopic (exact) mass is 281 g/mol. The molecule has 9 nitrogen and oxygen atoms in total. The van der Waals surface area contributed by atoms with Crippen LogP contribution in [-0.4, -0.2) is 73.9 Å². The van der Waals surface area contributed by atoms with Crippen molar-refractivity contribution in [1.29, 1.82) is 0 Å². The van der Waals surface area contributed by atoms with Crippen molar-refractivity contribution in [2.24, 2.45) is 0 Å². The van der Waals surface area contributed by atoms with Gasteiger partial charge in [-0.3, -0.25) is 14.4 Å². The number of aromatic nitrogens is 3. The van der Waals surface area contributed by atoms with Crippen LogP contribution < -0.4 is 0 Å². The zero-order chi connectivity index (χ0) is 14.7. The van der Waals surface area contributed by atoms with Crippen LogP contribution in [0, 0.1) is 0 Å². The van der Waals surface area contributed by atoms with Crippen LogP contribution in [0.3, 0.4) is 0 Å². The smallest absolute Gasteiger partial charge is 0.325 e. The maximum atomic E-state index is 12.1. The molecule has 0 aliphatic carbocycles. The van der Waals surface area contributed by atoms with E-state index in [0.29, 0.717) is 26.2 Å². The molecule has 0 unspecified atom stereocenters. The first kappa shape index (κ1) is 14.0. The van der Waals surface area contributed by atoms with Crippen molar-refractivity contribution in [3.63, 3.8) is 0 Å². The molecule has 1 aliphatic rings. The second-order valence-corrected chi connectivity index (χ2v) is 4.49.